The zero-order chi connectivity index (χ0) is 16.4. The minimum Gasteiger partial charge on any atom is -0.373 e. The third-order valence-electron chi connectivity index (χ3n) is 4.85. The molecule has 2 unspecified atom stereocenters. The first kappa shape index (κ1) is 15.1. The molecule has 4 rings (SSSR count). The maximum atomic E-state index is 8.91. The van der Waals surface area contributed by atoms with Crippen LogP contribution < -0.4 is 4.90 Å². The molecule has 0 saturated carbocycles. The van der Waals surface area contributed by atoms with Crippen molar-refractivity contribution in [2.75, 3.05) is 31.1 Å². The van der Waals surface area contributed by atoms with Crippen LogP contribution in [0.4, 0.5) is 5.82 Å². The Labute approximate surface area is 142 Å². The number of aromatic nitrogens is 1. The third-order valence-corrected chi connectivity index (χ3v) is 4.85. The Morgan fingerprint density at radius 1 is 1.17 bits per heavy atom. The lowest BCUT2D eigenvalue weighted by Gasteiger charge is -2.36. The van der Waals surface area contributed by atoms with Gasteiger partial charge in [0.05, 0.1) is 24.3 Å². The van der Waals surface area contributed by atoms with Crippen LogP contribution in [-0.2, 0) is 11.3 Å². The van der Waals surface area contributed by atoms with Crippen LogP contribution in [0.5, 0.6) is 0 Å². The molecule has 2 fully saturated rings. The van der Waals surface area contributed by atoms with E-state index in [0.717, 1.165) is 38.6 Å². The summed E-state index contributed by atoms with van der Waals surface area (Å²) in [7, 11) is 0. The SMILES string of the molecule is N#Cc1ccc(N2CC3OCCN(Cc4ccccc4)C3C2)nc1. The molecule has 2 aliphatic heterocycles. The van der Waals surface area contributed by atoms with Gasteiger partial charge in [-0.05, 0) is 17.7 Å². The standard InChI is InChI=1S/C19H20N4O/c20-10-16-6-7-19(21-11-16)23-13-17-18(14-23)24-9-8-22(17)12-15-4-2-1-3-5-15/h1-7,11,17-18H,8-9,12-14H2. The molecule has 0 amide bonds. The molecule has 1 aromatic heterocycles. The summed E-state index contributed by atoms with van der Waals surface area (Å²) in [5.74, 6) is 0.923. The number of hydrogen-bond donors (Lipinski definition) is 0. The van der Waals surface area contributed by atoms with Crippen molar-refractivity contribution in [1.82, 2.24) is 9.88 Å². The fraction of sp³-hybridized carbons (Fsp3) is 0.368. The molecule has 2 aromatic rings. The van der Waals surface area contributed by atoms with Crippen molar-refractivity contribution in [1.29, 1.82) is 5.26 Å². The summed E-state index contributed by atoms with van der Waals surface area (Å²) in [6, 6.07) is 16.9. The van der Waals surface area contributed by atoms with Gasteiger partial charge in [0.15, 0.2) is 0 Å². The average Bonchev–Trinajstić information content (AvgIpc) is 3.08. The largest absolute Gasteiger partial charge is 0.373 e. The zero-order valence-corrected chi connectivity index (χ0v) is 13.5. The molecule has 122 valence electrons. The predicted molar refractivity (Wildman–Crippen MR) is 91.5 cm³/mol. The molecule has 0 N–H and O–H groups in total. The van der Waals surface area contributed by atoms with Crippen LogP contribution >= 0.6 is 0 Å². The van der Waals surface area contributed by atoms with E-state index in [1.54, 1.807) is 6.20 Å². The van der Waals surface area contributed by atoms with E-state index in [4.69, 9.17) is 10.00 Å². The monoisotopic (exact) mass is 320 g/mol. The number of anilines is 1. The summed E-state index contributed by atoms with van der Waals surface area (Å²) < 4.78 is 6.00. The number of ether oxygens (including phenoxy) is 1. The van der Waals surface area contributed by atoms with E-state index in [2.05, 4.69) is 51.2 Å². The Kier molecular flexibility index (Phi) is 4.16. The number of hydrogen-bond acceptors (Lipinski definition) is 5. The van der Waals surface area contributed by atoms with Crippen LogP contribution in [0, 0.1) is 11.3 Å². The number of morpholine rings is 1. The van der Waals surface area contributed by atoms with Crippen molar-refractivity contribution in [2.45, 2.75) is 18.7 Å². The van der Waals surface area contributed by atoms with Gasteiger partial charge in [-0.3, -0.25) is 4.90 Å². The Balaban J connectivity index is 1.48. The lowest BCUT2D eigenvalue weighted by molar-refractivity contribution is -0.0499. The van der Waals surface area contributed by atoms with E-state index in [1.807, 2.05) is 12.1 Å². The van der Waals surface area contributed by atoms with Crippen molar-refractivity contribution >= 4 is 5.82 Å². The highest BCUT2D eigenvalue weighted by Gasteiger charge is 2.40. The first-order valence-corrected chi connectivity index (χ1v) is 8.34. The van der Waals surface area contributed by atoms with Crippen LogP contribution in [-0.4, -0.2) is 48.3 Å². The molecular formula is C19H20N4O. The molecule has 0 radical (unpaired) electrons. The van der Waals surface area contributed by atoms with Gasteiger partial charge in [0.1, 0.15) is 11.9 Å². The summed E-state index contributed by atoms with van der Waals surface area (Å²) in [4.78, 5) is 9.21. The second kappa shape index (κ2) is 6.60. The van der Waals surface area contributed by atoms with Crippen molar-refractivity contribution in [3.8, 4) is 6.07 Å². The number of pyridine rings is 1. The fourth-order valence-corrected chi connectivity index (χ4v) is 3.60. The summed E-state index contributed by atoms with van der Waals surface area (Å²) in [6.07, 6.45) is 1.86. The highest BCUT2D eigenvalue weighted by molar-refractivity contribution is 5.44. The zero-order valence-electron chi connectivity index (χ0n) is 13.5. The van der Waals surface area contributed by atoms with Gasteiger partial charge in [-0.1, -0.05) is 30.3 Å². The van der Waals surface area contributed by atoms with E-state index < -0.39 is 0 Å². The molecule has 24 heavy (non-hydrogen) atoms. The summed E-state index contributed by atoms with van der Waals surface area (Å²) in [5, 5.41) is 8.91. The van der Waals surface area contributed by atoms with Gasteiger partial charge in [-0.25, -0.2) is 4.98 Å². The maximum Gasteiger partial charge on any atom is 0.128 e. The minimum atomic E-state index is 0.222. The molecule has 2 aliphatic rings. The molecule has 0 spiro atoms. The Hall–Kier alpha value is -2.42. The van der Waals surface area contributed by atoms with Crippen molar-refractivity contribution in [3.05, 3.63) is 59.8 Å². The molecule has 5 nitrogen and oxygen atoms in total. The van der Waals surface area contributed by atoms with Gasteiger partial charge >= 0.3 is 0 Å². The van der Waals surface area contributed by atoms with Gasteiger partial charge in [-0.2, -0.15) is 5.26 Å². The van der Waals surface area contributed by atoms with E-state index >= 15 is 0 Å². The smallest absolute Gasteiger partial charge is 0.128 e. The highest BCUT2D eigenvalue weighted by atomic mass is 16.5. The number of fused-ring (bicyclic) bond motifs is 1. The quantitative estimate of drug-likeness (QED) is 0.866. The highest BCUT2D eigenvalue weighted by Crippen LogP contribution is 2.27. The van der Waals surface area contributed by atoms with Crippen molar-refractivity contribution in [3.63, 3.8) is 0 Å². The molecule has 2 saturated heterocycles. The molecule has 1 aromatic carbocycles. The van der Waals surface area contributed by atoms with Crippen LogP contribution in [0.1, 0.15) is 11.1 Å². The van der Waals surface area contributed by atoms with Crippen LogP contribution in [0.25, 0.3) is 0 Å². The van der Waals surface area contributed by atoms with Crippen LogP contribution in [0.3, 0.4) is 0 Å². The van der Waals surface area contributed by atoms with Gasteiger partial charge in [-0.15, -0.1) is 0 Å². The lowest BCUT2D eigenvalue weighted by atomic mass is 10.1. The fourth-order valence-electron chi connectivity index (χ4n) is 3.60. The normalized spacial score (nSPS) is 23.7. The maximum absolute atomic E-state index is 8.91. The summed E-state index contributed by atoms with van der Waals surface area (Å²) >= 11 is 0. The lowest BCUT2D eigenvalue weighted by Crippen LogP contribution is -2.50. The number of nitrogens with zero attached hydrogens (tertiary/aromatic N) is 4. The summed E-state index contributed by atoms with van der Waals surface area (Å²) in [6.45, 7) is 4.47. The van der Waals surface area contributed by atoms with Crippen LogP contribution in [0.15, 0.2) is 48.7 Å². The second-order valence-electron chi connectivity index (χ2n) is 6.35. The topological polar surface area (TPSA) is 52.4 Å². The summed E-state index contributed by atoms with van der Waals surface area (Å²) in [5.41, 5.74) is 1.94. The van der Waals surface area contributed by atoms with Gasteiger partial charge in [0, 0.05) is 32.4 Å². The Bertz CT molecular complexity index is 725. The molecule has 3 heterocycles. The minimum absolute atomic E-state index is 0.222. The third kappa shape index (κ3) is 2.99. The number of rotatable bonds is 3. The molecule has 0 aliphatic carbocycles. The van der Waals surface area contributed by atoms with Crippen molar-refractivity contribution in [2.24, 2.45) is 0 Å². The van der Waals surface area contributed by atoms with Gasteiger partial charge in [0.2, 0.25) is 0 Å². The van der Waals surface area contributed by atoms with E-state index in [0.29, 0.717) is 11.6 Å². The molecular weight excluding hydrogens is 300 g/mol. The average molecular weight is 320 g/mol. The van der Waals surface area contributed by atoms with E-state index in [-0.39, 0.29) is 6.10 Å². The molecule has 0 bridgehead atoms. The predicted octanol–water partition coefficient (Wildman–Crippen LogP) is 2.04. The van der Waals surface area contributed by atoms with Gasteiger partial charge in [0.25, 0.3) is 0 Å². The second-order valence-corrected chi connectivity index (χ2v) is 6.35. The molecule has 5 heteroatoms. The number of benzene rings is 1. The Morgan fingerprint density at radius 2 is 2.04 bits per heavy atom. The molecule has 2 atom stereocenters. The number of nitriles is 1. The first-order chi connectivity index (χ1) is 11.8. The van der Waals surface area contributed by atoms with E-state index in [9.17, 15) is 0 Å². The van der Waals surface area contributed by atoms with E-state index in [1.165, 1.54) is 5.56 Å². The van der Waals surface area contributed by atoms with Crippen molar-refractivity contribution < 1.29 is 4.74 Å². The van der Waals surface area contributed by atoms with Crippen LogP contribution in [0.2, 0.25) is 0 Å². The Morgan fingerprint density at radius 3 is 2.79 bits per heavy atom. The first-order valence-electron chi connectivity index (χ1n) is 8.34. The van der Waals surface area contributed by atoms with Gasteiger partial charge < -0.3 is 9.64 Å².